The monoisotopic (exact) mass is 174 g/mol. The van der Waals surface area contributed by atoms with Crippen molar-refractivity contribution in [3.63, 3.8) is 0 Å². The second-order valence-electron chi connectivity index (χ2n) is 1.96. The fraction of sp³-hybridized carbons (Fsp3) is 0.400. The molecule has 0 aliphatic heterocycles. The molecule has 0 fully saturated rings. The molecule has 0 aliphatic carbocycles. The molecule has 0 aliphatic rings. The number of hydrogen-bond acceptors (Lipinski definition) is 5. The predicted molar refractivity (Wildman–Crippen MR) is 31.1 cm³/mol. The lowest BCUT2D eigenvalue weighted by Gasteiger charge is -2.18. The van der Waals surface area contributed by atoms with Crippen LogP contribution in [0.25, 0.3) is 0 Å². The number of primary amides is 1. The molecule has 1 atom stereocenters. The molecule has 0 bridgehead atoms. The van der Waals surface area contributed by atoms with Crippen molar-refractivity contribution in [3.8, 4) is 0 Å². The highest BCUT2D eigenvalue weighted by atomic mass is 16.4. The molecule has 0 aromatic heterocycles. The van der Waals surface area contributed by atoms with Crippen LogP contribution in [0.2, 0.25) is 0 Å². The predicted octanol–water partition coefficient (Wildman–Crippen LogP) is -4.09. The van der Waals surface area contributed by atoms with E-state index in [1.807, 2.05) is 0 Å². The maximum Gasteiger partial charge on any atom is 0.312 e. The smallest absolute Gasteiger partial charge is 0.312 e. The average Bonchev–Trinajstić information content (AvgIpc) is 1.83. The first-order valence-corrected chi connectivity index (χ1v) is 2.90. The second kappa shape index (κ2) is 4.16. The third-order valence-corrected chi connectivity index (χ3v) is 0.972. The molecule has 0 heterocycles. The molecule has 2 amide bonds. The van der Waals surface area contributed by atoms with Crippen molar-refractivity contribution in [2.75, 3.05) is 0 Å². The van der Waals surface area contributed by atoms with E-state index in [4.69, 9.17) is 0 Å². The minimum Gasteiger partial charge on any atom is -0.550 e. The summed E-state index contributed by atoms with van der Waals surface area (Å²) >= 11 is 0. The molecule has 0 rings (SSSR count). The van der Waals surface area contributed by atoms with Crippen LogP contribution in [-0.4, -0.2) is 24.0 Å². The Morgan fingerprint density at radius 3 is 2.08 bits per heavy atom. The van der Waals surface area contributed by atoms with Crippen LogP contribution in [0.4, 0.5) is 4.79 Å². The van der Waals surface area contributed by atoms with Gasteiger partial charge in [-0.15, -0.1) is 0 Å². The highest BCUT2D eigenvalue weighted by molar-refractivity contribution is 5.84. The number of nitrogens with two attached hydrogens (primary N) is 1. The van der Waals surface area contributed by atoms with Gasteiger partial charge in [0.1, 0.15) is 0 Å². The zero-order valence-corrected chi connectivity index (χ0v) is 5.90. The Balaban J connectivity index is 4.14. The molecular formula is C5H6N2O5-2. The molecule has 0 aromatic rings. The van der Waals surface area contributed by atoms with Crippen molar-refractivity contribution in [1.29, 1.82) is 0 Å². The zero-order chi connectivity index (χ0) is 9.72. The summed E-state index contributed by atoms with van der Waals surface area (Å²) in [6, 6.07) is -2.78. The van der Waals surface area contributed by atoms with Crippen LogP contribution in [0.5, 0.6) is 0 Å². The molecule has 7 nitrogen and oxygen atoms in total. The van der Waals surface area contributed by atoms with Gasteiger partial charge in [-0.3, -0.25) is 0 Å². The number of carbonyl (C=O) groups excluding carboxylic acids is 3. The Morgan fingerprint density at radius 1 is 1.33 bits per heavy atom. The van der Waals surface area contributed by atoms with Crippen LogP contribution < -0.4 is 21.3 Å². The number of carboxylic acids is 2. The first-order chi connectivity index (χ1) is 5.43. The van der Waals surface area contributed by atoms with Gasteiger partial charge in [0.2, 0.25) is 0 Å². The topological polar surface area (TPSA) is 135 Å². The van der Waals surface area contributed by atoms with Crippen LogP contribution >= 0.6 is 0 Å². The summed E-state index contributed by atoms with van der Waals surface area (Å²) in [5.41, 5.74) is 4.55. The van der Waals surface area contributed by atoms with E-state index in [1.54, 1.807) is 5.32 Å². The summed E-state index contributed by atoms with van der Waals surface area (Å²) in [4.78, 5) is 30.1. The lowest BCUT2D eigenvalue weighted by molar-refractivity contribution is -0.317. The number of nitrogens with one attached hydrogen (secondary N) is 1. The minimum absolute atomic E-state index is 0.870. The van der Waals surface area contributed by atoms with E-state index in [0.29, 0.717) is 0 Å². The normalized spacial score (nSPS) is 11.7. The molecule has 0 saturated heterocycles. The molecule has 12 heavy (non-hydrogen) atoms. The summed E-state index contributed by atoms with van der Waals surface area (Å²) in [5, 5.41) is 21.7. The van der Waals surface area contributed by atoms with E-state index in [9.17, 15) is 24.6 Å². The maximum absolute atomic E-state index is 10.1. The standard InChI is InChI=1S/C5H8N2O5/c6-5(12)7-2(4(10)11)1-3(8)9/h2H,1H2,(H,8,9)(H,10,11)(H3,6,7,12)/p-2. The van der Waals surface area contributed by atoms with Gasteiger partial charge >= 0.3 is 6.03 Å². The van der Waals surface area contributed by atoms with Gasteiger partial charge in [0, 0.05) is 12.4 Å². The number of rotatable bonds is 4. The summed E-state index contributed by atoms with van der Waals surface area (Å²) in [5.74, 6) is -3.34. The Labute approximate surface area is 67.2 Å². The van der Waals surface area contributed by atoms with Gasteiger partial charge in [0.15, 0.2) is 0 Å². The number of urea groups is 1. The molecule has 3 N–H and O–H groups in total. The lowest BCUT2D eigenvalue weighted by Crippen LogP contribution is -2.51. The first-order valence-electron chi connectivity index (χ1n) is 2.90. The average molecular weight is 174 g/mol. The Kier molecular flexibility index (Phi) is 3.54. The highest BCUT2D eigenvalue weighted by Gasteiger charge is 2.10. The Hall–Kier alpha value is -1.79. The van der Waals surface area contributed by atoms with E-state index in [1.165, 1.54) is 0 Å². The van der Waals surface area contributed by atoms with Crippen molar-refractivity contribution < 1.29 is 24.6 Å². The fourth-order valence-corrected chi connectivity index (χ4v) is 0.532. The van der Waals surface area contributed by atoms with Crippen molar-refractivity contribution >= 4 is 18.0 Å². The van der Waals surface area contributed by atoms with Gasteiger partial charge in [-0.25, -0.2) is 4.79 Å². The lowest BCUT2D eigenvalue weighted by atomic mass is 10.2. The highest BCUT2D eigenvalue weighted by Crippen LogP contribution is 1.87. The van der Waals surface area contributed by atoms with Gasteiger partial charge in [0.25, 0.3) is 0 Å². The Morgan fingerprint density at radius 2 is 1.83 bits per heavy atom. The van der Waals surface area contributed by atoms with Gasteiger partial charge in [-0.05, 0) is 0 Å². The quantitative estimate of drug-likeness (QED) is 0.446. The van der Waals surface area contributed by atoms with E-state index < -0.39 is 30.4 Å². The summed E-state index contributed by atoms with van der Waals surface area (Å²) < 4.78 is 0. The van der Waals surface area contributed by atoms with Gasteiger partial charge in [-0.2, -0.15) is 0 Å². The SMILES string of the molecule is NC(=O)NC(CC(=O)[O-])C(=O)[O-]. The summed E-state index contributed by atoms with van der Waals surface area (Å²) in [7, 11) is 0. The molecule has 0 aromatic carbocycles. The van der Waals surface area contributed by atoms with Gasteiger partial charge in [0.05, 0.1) is 12.0 Å². The molecule has 0 spiro atoms. The van der Waals surface area contributed by atoms with Crippen molar-refractivity contribution in [3.05, 3.63) is 0 Å². The van der Waals surface area contributed by atoms with Crippen LogP contribution in [-0.2, 0) is 9.59 Å². The maximum atomic E-state index is 10.1. The number of amides is 2. The van der Waals surface area contributed by atoms with E-state index >= 15 is 0 Å². The fourth-order valence-electron chi connectivity index (χ4n) is 0.532. The third kappa shape index (κ3) is 4.09. The van der Waals surface area contributed by atoms with E-state index in [2.05, 4.69) is 5.73 Å². The number of carboxylic acid groups (broad SMARTS) is 2. The molecule has 1 unspecified atom stereocenters. The number of hydrogen-bond donors (Lipinski definition) is 2. The van der Waals surface area contributed by atoms with Crippen molar-refractivity contribution in [1.82, 2.24) is 5.32 Å². The van der Waals surface area contributed by atoms with Gasteiger partial charge < -0.3 is 30.9 Å². The first kappa shape index (κ1) is 10.2. The number of carbonyl (C=O) groups is 3. The van der Waals surface area contributed by atoms with E-state index in [-0.39, 0.29) is 0 Å². The summed E-state index contributed by atoms with van der Waals surface area (Å²) in [6.07, 6.45) is -0.870. The van der Waals surface area contributed by atoms with E-state index in [0.717, 1.165) is 0 Å². The molecule has 0 saturated carbocycles. The largest absolute Gasteiger partial charge is 0.550 e. The molecule has 0 radical (unpaired) electrons. The van der Waals surface area contributed by atoms with Crippen LogP contribution in [0, 0.1) is 0 Å². The van der Waals surface area contributed by atoms with Crippen molar-refractivity contribution in [2.24, 2.45) is 5.73 Å². The van der Waals surface area contributed by atoms with Crippen LogP contribution in [0.15, 0.2) is 0 Å². The van der Waals surface area contributed by atoms with Crippen LogP contribution in [0.3, 0.4) is 0 Å². The minimum atomic E-state index is -1.72. The zero-order valence-electron chi connectivity index (χ0n) is 5.90. The molecule has 7 heteroatoms. The van der Waals surface area contributed by atoms with Gasteiger partial charge in [-0.1, -0.05) is 0 Å². The summed E-state index contributed by atoms with van der Waals surface area (Å²) in [6.45, 7) is 0. The third-order valence-electron chi connectivity index (χ3n) is 0.972. The Bertz CT molecular complexity index is 198. The van der Waals surface area contributed by atoms with Crippen LogP contribution in [0.1, 0.15) is 6.42 Å². The van der Waals surface area contributed by atoms with Crippen molar-refractivity contribution in [2.45, 2.75) is 12.5 Å². The number of aliphatic carboxylic acids is 2. The molecular weight excluding hydrogens is 168 g/mol. The second-order valence-corrected chi connectivity index (χ2v) is 1.96. The molecule has 68 valence electrons.